The maximum Gasteiger partial charge on any atom is 0.0708 e. The summed E-state index contributed by atoms with van der Waals surface area (Å²) in [6.45, 7) is 8.98. The predicted octanol–water partition coefficient (Wildman–Crippen LogP) is 4.48. The molecule has 1 heterocycles. The molecule has 0 fully saturated rings. The monoisotopic (exact) mass is 227 g/mol. The van der Waals surface area contributed by atoms with Crippen molar-refractivity contribution in [3.63, 3.8) is 0 Å². The predicted molar refractivity (Wildman–Crippen MR) is 74.6 cm³/mol. The van der Waals surface area contributed by atoms with Crippen LogP contribution in [0.25, 0.3) is 10.9 Å². The van der Waals surface area contributed by atoms with Crippen LogP contribution in [0.4, 0.5) is 0 Å². The van der Waals surface area contributed by atoms with Gasteiger partial charge in [-0.1, -0.05) is 45.9 Å². The molecule has 1 heteroatoms. The summed E-state index contributed by atoms with van der Waals surface area (Å²) in [5.41, 5.74) is 5.37. The lowest BCUT2D eigenvalue weighted by atomic mass is 9.90. The zero-order chi connectivity index (χ0) is 12.4. The molecule has 2 aromatic rings. The van der Waals surface area contributed by atoms with Crippen molar-refractivity contribution in [2.45, 2.75) is 46.5 Å². The second-order valence-electron chi connectivity index (χ2n) is 4.83. The molecule has 0 aliphatic rings. The molecule has 1 aromatic carbocycles. The summed E-state index contributed by atoms with van der Waals surface area (Å²) in [7, 11) is 0. The number of benzene rings is 1. The van der Waals surface area contributed by atoms with Crippen LogP contribution in [0.1, 0.15) is 50.4 Å². The summed E-state index contributed by atoms with van der Waals surface area (Å²) in [4.78, 5) is 4.81. The topological polar surface area (TPSA) is 12.9 Å². The molecule has 0 unspecified atom stereocenters. The second-order valence-corrected chi connectivity index (χ2v) is 4.83. The van der Waals surface area contributed by atoms with Crippen LogP contribution in [0.15, 0.2) is 24.3 Å². The standard InChI is InChI=1S/C16H21N/c1-5-12-14(6-2)17-15-10-8-7-9-13(15)16(12)11(3)4/h7-11H,5-6H2,1-4H3. The molecule has 2 rings (SSSR count). The van der Waals surface area contributed by atoms with Gasteiger partial charge in [-0.05, 0) is 36.0 Å². The van der Waals surface area contributed by atoms with E-state index in [0.717, 1.165) is 18.4 Å². The van der Waals surface area contributed by atoms with Crippen LogP contribution in [0.3, 0.4) is 0 Å². The Labute approximate surface area is 104 Å². The average Bonchev–Trinajstić information content (AvgIpc) is 2.35. The van der Waals surface area contributed by atoms with E-state index in [1.165, 1.54) is 22.2 Å². The zero-order valence-electron chi connectivity index (χ0n) is 11.2. The lowest BCUT2D eigenvalue weighted by Crippen LogP contribution is -2.04. The largest absolute Gasteiger partial charge is 0.253 e. The van der Waals surface area contributed by atoms with Crippen LogP contribution in [-0.2, 0) is 12.8 Å². The number of fused-ring (bicyclic) bond motifs is 1. The summed E-state index contributed by atoms with van der Waals surface area (Å²) in [5.74, 6) is 0.558. The number of rotatable bonds is 3. The third-order valence-corrected chi connectivity index (χ3v) is 3.39. The first-order valence-electron chi connectivity index (χ1n) is 6.59. The number of para-hydroxylation sites is 1. The molecular weight excluding hydrogens is 206 g/mol. The Morgan fingerprint density at radius 2 is 1.76 bits per heavy atom. The van der Waals surface area contributed by atoms with Gasteiger partial charge in [-0.2, -0.15) is 0 Å². The Balaban J connectivity index is 2.86. The van der Waals surface area contributed by atoms with Gasteiger partial charge < -0.3 is 0 Å². The van der Waals surface area contributed by atoms with E-state index in [1.807, 2.05) is 0 Å². The van der Waals surface area contributed by atoms with E-state index in [0.29, 0.717) is 5.92 Å². The molecular formula is C16H21N. The molecule has 90 valence electrons. The number of nitrogens with zero attached hydrogens (tertiary/aromatic N) is 1. The highest BCUT2D eigenvalue weighted by Gasteiger charge is 2.14. The Hall–Kier alpha value is -1.37. The number of aromatic nitrogens is 1. The van der Waals surface area contributed by atoms with Crippen molar-refractivity contribution in [1.29, 1.82) is 0 Å². The first kappa shape index (κ1) is 12.1. The first-order chi connectivity index (χ1) is 8.19. The van der Waals surface area contributed by atoms with Gasteiger partial charge in [0.05, 0.1) is 5.52 Å². The molecule has 0 saturated heterocycles. The average molecular weight is 227 g/mol. The van der Waals surface area contributed by atoms with Gasteiger partial charge in [-0.3, -0.25) is 4.98 Å². The smallest absolute Gasteiger partial charge is 0.0708 e. The highest BCUT2D eigenvalue weighted by Crippen LogP contribution is 2.30. The Bertz CT molecular complexity index is 526. The lowest BCUT2D eigenvalue weighted by Gasteiger charge is -2.18. The molecule has 0 atom stereocenters. The second kappa shape index (κ2) is 4.87. The number of aryl methyl sites for hydroxylation is 1. The molecule has 1 nitrogen and oxygen atoms in total. The Morgan fingerprint density at radius 3 is 2.35 bits per heavy atom. The van der Waals surface area contributed by atoms with Crippen LogP contribution < -0.4 is 0 Å². The van der Waals surface area contributed by atoms with Crippen molar-refractivity contribution < 1.29 is 0 Å². The summed E-state index contributed by atoms with van der Waals surface area (Å²) in [6.07, 6.45) is 2.10. The summed E-state index contributed by atoms with van der Waals surface area (Å²) in [5, 5.41) is 1.33. The highest BCUT2D eigenvalue weighted by atomic mass is 14.7. The van der Waals surface area contributed by atoms with Crippen LogP contribution in [0.2, 0.25) is 0 Å². The first-order valence-corrected chi connectivity index (χ1v) is 6.59. The summed E-state index contributed by atoms with van der Waals surface area (Å²) in [6, 6.07) is 8.52. The van der Waals surface area contributed by atoms with E-state index in [-0.39, 0.29) is 0 Å². The van der Waals surface area contributed by atoms with Gasteiger partial charge >= 0.3 is 0 Å². The lowest BCUT2D eigenvalue weighted by molar-refractivity contribution is 0.836. The van der Waals surface area contributed by atoms with E-state index >= 15 is 0 Å². The molecule has 1 aromatic heterocycles. The Morgan fingerprint density at radius 1 is 1.06 bits per heavy atom. The van der Waals surface area contributed by atoms with Gasteiger partial charge in [0.25, 0.3) is 0 Å². The molecule has 0 radical (unpaired) electrons. The zero-order valence-corrected chi connectivity index (χ0v) is 11.2. The van der Waals surface area contributed by atoms with Crippen molar-refractivity contribution >= 4 is 10.9 Å². The fraction of sp³-hybridized carbons (Fsp3) is 0.438. The SMILES string of the molecule is CCc1nc2ccccc2c(C(C)C)c1CC. The molecule has 0 amide bonds. The van der Waals surface area contributed by atoms with Crippen molar-refractivity contribution in [3.05, 3.63) is 41.1 Å². The van der Waals surface area contributed by atoms with Crippen LogP contribution >= 0.6 is 0 Å². The summed E-state index contributed by atoms with van der Waals surface area (Å²) >= 11 is 0. The van der Waals surface area contributed by atoms with Crippen LogP contribution in [-0.4, -0.2) is 4.98 Å². The van der Waals surface area contributed by atoms with Gasteiger partial charge in [0.2, 0.25) is 0 Å². The van der Waals surface area contributed by atoms with Crippen LogP contribution in [0, 0.1) is 0 Å². The van der Waals surface area contributed by atoms with E-state index in [4.69, 9.17) is 4.98 Å². The van der Waals surface area contributed by atoms with E-state index in [1.54, 1.807) is 0 Å². The number of pyridine rings is 1. The molecule has 0 aliphatic heterocycles. The van der Waals surface area contributed by atoms with Gasteiger partial charge in [0, 0.05) is 11.1 Å². The van der Waals surface area contributed by atoms with E-state index < -0.39 is 0 Å². The van der Waals surface area contributed by atoms with Crippen molar-refractivity contribution in [3.8, 4) is 0 Å². The normalized spacial score (nSPS) is 11.4. The fourth-order valence-corrected chi connectivity index (χ4v) is 2.68. The maximum atomic E-state index is 4.81. The molecule has 0 bridgehead atoms. The highest BCUT2D eigenvalue weighted by molar-refractivity contribution is 5.84. The van der Waals surface area contributed by atoms with E-state index in [2.05, 4.69) is 52.0 Å². The number of hydrogen-bond acceptors (Lipinski definition) is 1. The number of hydrogen-bond donors (Lipinski definition) is 0. The maximum absolute atomic E-state index is 4.81. The Kier molecular flexibility index (Phi) is 3.46. The fourth-order valence-electron chi connectivity index (χ4n) is 2.68. The van der Waals surface area contributed by atoms with Crippen LogP contribution in [0.5, 0.6) is 0 Å². The quantitative estimate of drug-likeness (QED) is 0.753. The van der Waals surface area contributed by atoms with Crippen molar-refractivity contribution in [2.24, 2.45) is 0 Å². The molecule has 0 N–H and O–H groups in total. The van der Waals surface area contributed by atoms with Gasteiger partial charge in [-0.25, -0.2) is 0 Å². The van der Waals surface area contributed by atoms with Crippen molar-refractivity contribution in [1.82, 2.24) is 4.98 Å². The van der Waals surface area contributed by atoms with Gasteiger partial charge in [0.1, 0.15) is 0 Å². The minimum Gasteiger partial charge on any atom is -0.253 e. The molecule has 0 aliphatic carbocycles. The third kappa shape index (κ3) is 2.06. The van der Waals surface area contributed by atoms with E-state index in [9.17, 15) is 0 Å². The summed E-state index contributed by atoms with van der Waals surface area (Å²) < 4.78 is 0. The van der Waals surface area contributed by atoms with Gasteiger partial charge in [-0.15, -0.1) is 0 Å². The van der Waals surface area contributed by atoms with Gasteiger partial charge in [0.15, 0.2) is 0 Å². The van der Waals surface area contributed by atoms with Crippen molar-refractivity contribution in [2.75, 3.05) is 0 Å². The third-order valence-electron chi connectivity index (χ3n) is 3.39. The molecule has 0 saturated carbocycles. The minimum absolute atomic E-state index is 0.558. The molecule has 17 heavy (non-hydrogen) atoms. The molecule has 0 spiro atoms. The minimum atomic E-state index is 0.558.